The molecule has 1 aliphatic rings. The number of hydrogen-bond donors (Lipinski definition) is 2. The molecular weight excluding hydrogens is 116 g/mol. The molecule has 0 aromatic heterocycles. The Balaban J connectivity index is 2.37. The zero-order valence-corrected chi connectivity index (χ0v) is 5.50. The summed E-state index contributed by atoms with van der Waals surface area (Å²) in [7, 11) is 1.83. The summed E-state index contributed by atoms with van der Waals surface area (Å²) in [6.45, 7) is 0. The molecule has 3 nitrogen and oxygen atoms in total. The van der Waals surface area contributed by atoms with E-state index in [4.69, 9.17) is 5.73 Å². The lowest BCUT2D eigenvalue weighted by molar-refractivity contribution is -0.114. The smallest absolute Gasteiger partial charge is 0.124 e. The summed E-state index contributed by atoms with van der Waals surface area (Å²) in [6, 6.07) is 0.410. The van der Waals surface area contributed by atoms with Crippen LogP contribution in [0.2, 0.25) is 0 Å². The number of carbonyl (C=O) groups is 1. The van der Waals surface area contributed by atoms with Gasteiger partial charge < -0.3 is 15.8 Å². The molecule has 0 aromatic carbocycles. The molecule has 1 fully saturated rings. The van der Waals surface area contributed by atoms with Gasteiger partial charge in [-0.2, -0.15) is 0 Å². The molecule has 1 aliphatic carbocycles. The van der Waals surface area contributed by atoms with Gasteiger partial charge in [0.1, 0.15) is 6.29 Å². The number of aldehydes is 1. The van der Waals surface area contributed by atoms with Gasteiger partial charge in [0.15, 0.2) is 0 Å². The van der Waals surface area contributed by atoms with E-state index in [-0.39, 0.29) is 18.0 Å². The molecule has 0 saturated heterocycles. The second-order valence-corrected chi connectivity index (χ2v) is 2.51. The van der Waals surface area contributed by atoms with Crippen molar-refractivity contribution in [2.75, 3.05) is 7.05 Å². The van der Waals surface area contributed by atoms with Gasteiger partial charge in [-0.25, -0.2) is 0 Å². The minimum absolute atomic E-state index is 0.157. The summed E-state index contributed by atoms with van der Waals surface area (Å²) in [5.74, 6) is 0.157. The summed E-state index contributed by atoms with van der Waals surface area (Å²) in [5.41, 5.74) is 5.58. The van der Waals surface area contributed by atoms with E-state index in [1.54, 1.807) is 0 Å². The second-order valence-electron chi connectivity index (χ2n) is 2.51. The Morgan fingerprint density at radius 1 is 1.78 bits per heavy atom. The third-order valence-electron chi connectivity index (χ3n) is 1.97. The summed E-state index contributed by atoms with van der Waals surface area (Å²) in [6.07, 6.45) is 1.82. The van der Waals surface area contributed by atoms with E-state index in [0.717, 1.165) is 12.7 Å². The van der Waals surface area contributed by atoms with Crippen LogP contribution in [0.15, 0.2) is 0 Å². The van der Waals surface area contributed by atoms with Gasteiger partial charge in [-0.05, 0) is 13.5 Å². The first-order chi connectivity index (χ1) is 4.29. The number of nitrogens with two attached hydrogens (primary N) is 1. The third-order valence-corrected chi connectivity index (χ3v) is 1.97. The molecule has 3 N–H and O–H groups in total. The highest BCUT2D eigenvalue weighted by molar-refractivity contribution is 5.57. The normalized spacial score (nSPS) is 41.8. The largest absolute Gasteiger partial charge is 0.326 e. The van der Waals surface area contributed by atoms with Crippen molar-refractivity contribution >= 4 is 6.29 Å². The van der Waals surface area contributed by atoms with Gasteiger partial charge in [-0.15, -0.1) is 0 Å². The number of hydrogen-bond acceptors (Lipinski definition) is 3. The van der Waals surface area contributed by atoms with Crippen molar-refractivity contribution in [1.29, 1.82) is 0 Å². The quantitative estimate of drug-likeness (QED) is 0.475. The molecule has 3 atom stereocenters. The Morgan fingerprint density at radius 2 is 2.44 bits per heavy atom. The predicted molar refractivity (Wildman–Crippen MR) is 35.0 cm³/mol. The topological polar surface area (TPSA) is 55.1 Å². The van der Waals surface area contributed by atoms with Gasteiger partial charge in [0.2, 0.25) is 0 Å². The lowest BCUT2D eigenvalue weighted by atomic mass is 9.76. The van der Waals surface area contributed by atoms with E-state index in [0.29, 0.717) is 0 Å². The van der Waals surface area contributed by atoms with Gasteiger partial charge in [0.25, 0.3) is 0 Å². The Labute approximate surface area is 54.6 Å². The predicted octanol–water partition coefficient (Wildman–Crippen LogP) is -0.879. The molecular formula is C6H12N2O. The van der Waals surface area contributed by atoms with Crippen molar-refractivity contribution in [2.24, 2.45) is 11.7 Å². The first-order valence-corrected chi connectivity index (χ1v) is 3.17. The fourth-order valence-corrected chi connectivity index (χ4v) is 1.30. The fourth-order valence-electron chi connectivity index (χ4n) is 1.30. The zero-order valence-electron chi connectivity index (χ0n) is 5.50. The van der Waals surface area contributed by atoms with Crippen LogP contribution in [0.3, 0.4) is 0 Å². The van der Waals surface area contributed by atoms with Crippen LogP contribution in [0.4, 0.5) is 0 Å². The van der Waals surface area contributed by atoms with Crippen molar-refractivity contribution in [1.82, 2.24) is 5.32 Å². The van der Waals surface area contributed by atoms with Crippen LogP contribution in [-0.4, -0.2) is 25.4 Å². The van der Waals surface area contributed by atoms with Crippen LogP contribution in [0.25, 0.3) is 0 Å². The number of likely N-dealkylation sites (N-methyl/N-ethyl adjacent to an activating group) is 1. The van der Waals surface area contributed by atoms with Crippen LogP contribution in [0.5, 0.6) is 0 Å². The monoisotopic (exact) mass is 128 g/mol. The molecule has 0 aromatic rings. The summed E-state index contributed by atoms with van der Waals surface area (Å²) in [5, 5.41) is 3.00. The molecule has 1 rings (SSSR count). The van der Waals surface area contributed by atoms with Crippen LogP contribution in [-0.2, 0) is 4.79 Å². The minimum atomic E-state index is 0.157. The first-order valence-electron chi connectivity index (χ1n) is 3.17. The van der Waals surface area contributed by atoms with E-state index in [1.807, 2.05) is 7.05 Å². The van der Waals surface area contributed by atoms with Crippen molar-refractivity contribution in [3.63, 3.8) is 0 Å². The highest BCUT2D eigenvalue weighted by Gasteiger charge is 2.36. The fraction of sp³-hybridized carbons (Fsp3) is 0.833. The summed E-state index contributed by atoms with van der Waals surface area (Å²) < 4.78 is 0. The standard InChI is InChI=1S/C6H12N2O/c1-8-6-4(3-9)2-5(6)7/h3-6,8H,2,7H2,1H3. The Kier molecular flexibility index (Phi) is 1.83. The maximum absolute atomic E-state index is 10.2. The maximum atomic E-state index is 10.2. The van der Waals surface area contributed by atoms with E-state index in [1.165, 1.54) is 0 Å². The van der Waals surface area contributed by atoms with Gasteiger partial charge in [-0.3, -0.25) is 0 Å². The van der Waals surface area contributed by atoms with Gasteiger partial charge >= 0.3 is 0 Å². The highest BCUT2D eigenvalue weighted by Crippen LogP contribution is 2.23. The number of carbonyl (C=O) groups excluding carboxylic acids is 1. The van der Waals surface area contributed by atoms with Crippen LogP contribution in [0, 0.1) is 5.92 Å². The summed E-state index contributed by atoms with van der Waals surface area (Å²) in [4.78, 5) is 10.2. The van der Waals surface area contributed by atoms with Crippen LogP contribution in [0.1, 0.15) is 6.42 Å². The third kappa shape index (κ3) is 0.976. The van der Waals surface area contributed by atoms with Crippen LogP contribution < -0.4 is 11.1 Å². The number of rotatable bonds is 2. The maximum Gasteiger partial charge on any atom is 0.124 e. The van der Waals surface area contributed by atoms with Gasteiger partial charge in [0, 0.05) is 18.0 Å². The molecule has 1 saturated carbocycles. The molecule has 0 radical (unpaired) electrons. The SMILES string of the molecule is CNC1C(N)CC1C=O. The van der Waals surface area contributed by atoms with Crippen LogP contribution >= 0.6 is 0 Å². The molecule has 0 bridgehead atoms. The first kappa shape index (κ1) is 6.71. The van der Waals surface area contributed by atoms with Crippen molar-refractivity contribution in [3.05, 3.63) is 0 Å². The molecule has 52 valence electrons. The van der Waals surface area contributed by atoms with Gasteiger partial charge in [-0.1, -0.05) is 0 Å². The average molecular weight is 128 g/mol. The van der Waals surface area contributed by atoms with Gasteiger partial charge in [0.05, 0.1) is 0 Å². The zero-order chi connectivity index (χ0) is 6.85. The molecule has 0 amide bonds. The van der Waals surface area contributed by atoms with E-state index < -0.39 is 0 Å². The average Bonchev–Trinajstić information content (AvgIpc) is 1.83. The lowest BCUT2D eigenvalue weighted by Gasteiger charge is -2.39. The molecule has 0 spiro atoms. The molecule has 0 heterocycles. The Hall–Kier alpha value is -0.410. The minimum Gasteiger partial charge on any atom is -0.326 e. The van der Waals surface area contributed by atoms with E-state index in [9.17, 15) is 4.79 Å². The van der Waals surface area contributed by atoms with Crippen molar-refractivity contribution in [3.8, 4) is 0 Å². The molecule has 0 aliphatic heterocycles. The van der Waals surface area contributed by atoms with Crippen molar-refractivity contribution in [2.45, 2.75) is 18.5 Å². The Morgan fingerprint density at radius 3 is 2.67 bits per heavy atom. The molecule has 3 unspecified atom stereocenters. The molecule has 9 heavy (non-hydrogen) atoms. The number of nitrogens with one attached hydrogen (secondary N) is 1. The summed E-state index contributed by atoms with van der Waals surface area (Å²) >= 11 is 0. The van der Waals surface area contributed by atoms with Crippen molar-refractivity contribution < 1.29 is 4.79 Å². The van der Waals surface area contributed by atoms with E-state index in [2.05, 4.69) is 5.32 Å². The van der Waals surface area contributed by atoms with E-state index >= 15 is 0 Å². The second kappa shape index (κ2) is 2.45. The Bertz CT molecular complexity index is 116. The molecule has 3 heteroatoms. The highest BCUT2D eigenvalue weighted by atomic mass is 16.1. The lowest BCUT2D eigenvalue weighted by Crippen LogP contribution is -2.59.